The van der Waals surface area contributed by atoms with Crippen LogP contribution in [0.2, 0.25) is 0 Å². The monoisotopic (exact) mass is 418 g/mol. The van der Waals surface area contributed by atoms with Gasteiger partial charge in [0.05, 0.1) is 19.6 Å². The Morgan fingerprint density at radius 3 is 2.53 bits per heavy atom. The van der Waals surface area contributed by atoms with Crippen LogP contribution in [0.1, 0.15) is 12.5 Å². The average Bonchev–Trinajstić information content (AvgIpc) is 2.75. The van der Waals surface area contributed by atoms with E-state index in [2.05, 4.69) is 0 Å². The molecule has 0 bridgehead atoms. The van der Waals surface area contributed by atoms with Crippen molar-refractivity contribution in [2.45, 2.75) is 44.1 Å². The second-order valence-electron chi connectivity index (χ2n) is 6.99. The van der Waals surface area contributed by atoms with Gasteiger partial charge in [0, 0.05) is 5.56 Å². The first-order valence-corrected chi connectivity index (χ1v) is 9.75. The van der Waals surface area contributed by atoms with Gasteiger partial charge in [0.2, 0.25) is 6.29 Å². The van der Waals surface area contributed by atoms with E-state index in [1.807, 2.05) is 36.4 Å². The molecule has 1 aliphatic rings. The first-order chi connectivity index (χ1) is 14.4. The van der Waals surface area contributed by atoms with Gasteiger partial charge in [0.15, 0.2) is 0 Å². The molecule has 8 nitrogen and oxygen atoms in total. The van der Waals surface area contributed by atoms with Crippen molar-refractivity contribution in [3.63, 3.8) is 0 Å². The molecule has 0 amide bonds. The second-order valence-corrected chi connectivity index (χ2v) is 6.99. The molecule has 3 rings (SSSR count). The lowest BCUT2D eigenvalue weighted by Crippen LogP contribution is -2.60. The van der Waals surface area contributed by atoms with Crippen molar-refractivity contribution in [1.29, 1.82) is 0 Å². The molecule has 162 valence electrons. The van der Waals surface area contributed by atoms with Gasteiger partial charge in [-0.2, -0.15) is 0 Å². The fraction of sp³-hybridized carbons (Fsp3) is 0.409. The summed E-state index contributed by atoms with van der Waals surface area (Å²) in [6.45, 7) is 1.53. The molecule has 2 aromatic rings. The molecule has 30 heavy (non-hydrogen) atoms. The minimum Gasteiger partial charge on any atom is -0.466 e. The summed E-state index contributed by atoms with van der Waals surface area (Å²) < 4.78 is 16.2. The maximum atomic E-state index is 11.8. The number of ether oxygens (including phenoxy) is 3. The maximum Gasteiger partial charge on any atom is 0.310 e. The normalized spacial score (nSPS) is 26.2. The molecule has 0 saturated carbocycles. The molecule has 5 atom stereocenters. The molecule has 1 heterocycles. The molecule has 0 unspecified atom stereocenters. The van der Waals surface area contributed by atoms with Gasteiger partial charge >= 0.3 is 5.97 Å². The van der Waals surface area contributed by atoms with Crippen LogP contribution in [0.3, 0.4) is 0 Å². The highest BCUT2D eigenvalue weighted by molar-refractivity contribution is 5.75. The molecular weight excluding hydrogens is 392 g/mol. The molecule has 2 aromatic carbocycles. The van der Waals surface area contributed by atoms with Gasteiger partial charge in [-0.15, -0.1) is 0 Å². The van der Waals surface area contributed by atoms with Crippen LogP contribution in [0.15, 0.2) is 48.5 Å². The number of aliphatic hydroxyl groups is 4. The number of carbonyl (C=O) groups is 1. The molecule has 1 fully saturated rings. The summed E-state index contributed by atoms with van der Waals surface area (Å²) in [5, 5.41) is 39.5. The zero-order chi connectivity index (χ0) is 21.7. The zero-order valence-corrected chi connectivity index (χ0v) is 16.5. The lowest BCUT2D eigenvalue weighted by atomic mass is 9.99. The quantitative estimate of drug-likeness (QED) is 0.483. The lowest BCUT2D eigenvalue weighted by Gasteiger charge is -2.39. The van der Waals surface area contributed by atoms with Gasteiger partial charge in [-0.3, -0.25) is 4.79 Å². The minimum absolute atomic E-state index is 0.136. The number of carbonyl (C=O) groups excluding carboxylic acids is 1. The van der Waals surface area contributed by atoms with Gasteiger partial charge < -0.3 is 34.6 Å². The van der Waals surface area contributed by atoms with Crippen molar-refractivity contribution in [3.8, 4) is 16.9 Å². The summed E-state index contributed by atoms with van der Waals surface area (Å²) in [7, 11) is 0. The SMILES string of the molecule is CCOC(=O)Cc1cccc(-c2ccccc2O[C@@H]2O[C@H](CO)[C@@H](O)[C@H](O)[C@@H]2O)c1. The third-order valence-electron chi connectivity index (χ3n) is 4.87. The Labute approximate surface area is 174 Å². The average molecular weight is 418 g/mol. The van der Waals surface area contributed by atoms with Crippen molar-refractivity contribution >= 4 is 5.97 Å². The van der Waals surface area contributed by atoms with E-state index in [-0.39, 0.29) is 12.4 Å². The van der Waals surface area contributed by atoms with Crippen LogP contribution < -0.4 is 4.74 Å². The highest BCUT2D eigenvalue weighted by atomic mass is 16.7. The smallest absolute Gasteiger partial charge is 0.310 e. The maximum absolute atomic E-state index is 11.8. The third-order valence-corrected chi connectivity index (χ3v) is 4.87. The zero-order valence-electron chi connectivity index (χ0n) is 16.5. The highest BCUT2D eigenvalue weighted by Crippen LogP contribution is 2.33. The van der Waals surface area contributed by atoms with Crippen LogP contribution >= 0.6 is 0 Å². The highest BCUT2D eigenvalue weighted by Gasteiger charge is 2.44. The van der Waals surface area contributed by atoms with Crippen LogP contribution in [-0.4, -0.2) is 70.3 Å². The van der Waals surface area contributed by atoms with Gasteiger partial charge in [-0.25, -0.2) is 0 Å². The Morgan fingerprint density at radius 2 is 1.80 bits per heavy atom. The number of aliphatic hydroxyl groups excluding tert-OH is 4. The summed E-state index contributed by atoms with van der Waals surface area (Å²) in [6.07, 6.45) is -6.71. The van der Waals surface area contributed by atoms with Crippen molar-refractivity contribution in [2.75, 3.05) is 13.2 Å². The van der Waals surface area contributed by atoms with E-state index >= 15 is 0 Å². The Balaban J connectivity index is 1.84. The number of esters is 1. The van der Waals surface area contributed by atoms with E-state index in [4.69, 9.17) is 14.2 Å². The van der Waals surface area contributed by atoms with Crippen LogP contribution in [0.25, 0.3) is 11.1 Å². The van der Waals surface area contributed by atoms with Crippen molar-refractivity contribution in [3.05, 3.63) is 54.1 Å². The number of para-hydroxylation sites is 1. The summed E-state index contributed by atoms with van der Waals surface area (Å²) >= 11 is 0. The molecule has 4 N–H and O–H groups in total. The first kappa shape index (κ1) is 22.2. The summed E-state index contributed by atoms with van der Waals surface area (Å²) in [5.41, 5.74) is 2.23. The third kappa shape index (κ3) is 4.97. The van der Waals surface area contributed by atoms with Gasteiger partial charge in [-0.1, -0.05) is 42.5 Å². The van der Waals surface area contributed by atoms with Crippen LogP contribution in [0.5, 0.6) is 5.75 Å². The Bertz CT molecular complexity index is 853. The molecule has 1 aliphatic heterocycles. The molecule has 0 aromatic heterocycles. The Morgan fingerprint density at radius 1 is 1.03 bits per heavy atom. The lowest BCUT2D eigenvalue weighted by molar-refractivity contribution is -0.277. The molecule has 0 aliphatic carbocycles. The largest absolute Gasteiger partial charge is 0.466 e. The molecule has 1 saturated heterocycles. The number of hydrogen-bond donors (Lipinski definition) is 4. The minimum atomic E-state index is -1.53. The summed E-state index contributed by atoms with van der Waals surface area (Å²) in [5.74, 6) is 0.0515. The topological polar surface area (TPSA) is 126 Å². The van der Waals surface area contributed by atoms with E-state index in [1.165, 1.54) is 0 Å². The molecular formula is C22H26O8. The van der Waals surface area contributed by atoms with Crippen LogP contribution in [0, 0.1) is 0 Å². The van der Waals surface area contributed by atoms with Crippen molar-refractivity contribution in [2.24, 2.45) is 0 Å². The van der Waals surface area contributed by atoms with E-state index in [0.717, 1.165) is 11.1 Å². The number of hydrogen-bond acceptors (Lipinski definition) is 8. The van der Waals surface area contributed by atoms with E-state index in [1.54, 1.807) is 19.1 Å². The molecule has 0 radical (unpaired) electrons. The predicted octanol–water partition coefficient (Wildman–Crippen LogP) is 0.638. The van der Waals surface area contributed by atoms with Crippen LogP contribution in [-0.2, 0) is 20.7 Å². The van der Waals surface area contributed by atoms with Gasteiger partial charge in [0.1, 0.15) is 30.2 Å². The van der Waals surface area contributed by atoms with Gasteiger partial charge in [-0.05, 0) is 24.1 Å². The number of benzene rings is 2. The standard InChI is InChI=1S/C22H26O8/c1-2-28-18(24)11-13-6-5-7-14(10-13)15-8-3-4-9-16(15)29-22-21(27)20(26)19(25)17(12-23)30-22/h3-10,17,19-23,25-27H,2,11-12H2,1H3/t17-,19-,20+,21+,22-/m1/s1. The Hall–Kier alpha value is -2.49. The summed E-state index contributed by atoms with van der Waals surface area (Å²) in [4.78, 5) is 11.8. The van der Waals surface area contributed by atoms with E-state index in [0.29, 0.717) is 17.9 Å². The fourth-order valence-corrected chi connectivity index (χ4v) is 3.33. The van der Waals surface area contributed by atoms with Crippen molar-refractivity contribution < 1.29 is 39.4 Å². The van der Waals surface area contributed by atoms with Gasteiger partial charge in [0.25, 0.3) is 0 Å². The first-order valence-electron chi connectivity index (χ1n) is 9.75. The number of rotatable bonds is 7. The van der Waals surface area contributed by atoms with E-state index < -0.39 is 37.3 Å². The molecule has 0 spiro atoms. The second kappa shape index (κ2) is 10.0. The van der Waals surface area contributed by atoms with Crippen LogP contribution in [0.4, 0.5) is 0 Å². The van der Waals surface area contributed by atoms with Crippen molar-refractivity contribution in [1.82, 2.24) is 0 Å². The Kier molecular flexibility index (Phi) is 7.41. The van der Waals surface area contributed by atoms with E-state index in [9.17, 15) is 25.2 Å². The summed E-state index contributed by atoms with van der Waals surface area (Å²) in [6, 6.07) is 14.4. The predicted molar refractivity (Wildman–Crippen MR) is 107 cm³/mol. The molecule has 8 heteroatoms. The fourth-order valence-electron chi connectivity index (χ4n) is 3.33.